The standard InChI is InChI=1S/C10H8BrNO2/c1-5-4-7(11)8(10(13)14)6-2-3-12-9(5)6/h2-4,12H,1H3,(H,13,14). The van der Waals surface area contributed by atoms with Crippen molar-refractivity contribution in [2.24, 2.45) is 0 Å². The predicted octanol–water partition coefficient (Wildman–Crippen LogP) is 2.94. The van der Waals surface area contributed by atoms with Crippen LogP contribution in [0.15, 0.2) is 22.8 Å². The van der Waals surface area contributed by atoms with E-state index in [9.17, 15) is 4.79 Å². The van der Waals surface area contributed by atoms with Crippen LogP contribution in [0.2, 0.25) is 0 Å². The van der Waals surface area contributed by atoms with Crippen molar-refractivity contribution in [3.05, 3.63) is 33.9 Å². The van der Waals surface area contributed by atoms with Crippen LogP contribution in [-0.2, 0) is 0 Å². The minimum atomic E-state index is -0.915. The fourth-order valence-electron chi connectivity index (χ4n) is 1.58. The molecule has 4 heteroatoms. The second-order valence-electron chi connectivity index (χ2n) is 3.12. The number of H-pyrrole nitrogens is 1. The lowest BCUT2D eigenvalue weighted by molar-refractivity contribution is 0.0698. The second kappa shape index (κ2) is 3.13. The Morgan fingerprint density at radius 3 is 2.93 bits per heavy atom. The summed E-state index contributed by atoms with van der Waals surface area (Å²) in [6.07, 6.45) is 1.75. The van der Waals surface area contributed by atoms with Gasteiger partial charge in [0.05, 0.1) is 5.56 Å². The van der Waals surface area contributed by atoms with Crippen molar-refractivity contribution in [3.63, 3.8) is 0 Å². The molecule has 0 saturated carbocycles. The van der Waals surface area contributed by atoms with Crippen LogP contribution in [-0.4, -0.2) is 16.1 Å². The second-order valence-corrected chi connectivity index (χ2v) is 3.98. The molecule has 0 saturated heterocycles. The summed E-state index contributed by atoms with van der Waals surface area (Å²) in [7, 11) is 0. The van der Waals surface area contributed by atoms with Crippen molar-refractivity contribution in [1.29, 1.82) is 0 Å². The minimum Gasteiger partial charge on any atom is -0.478 e. The van der Waals surface area contributed by atoms with Gasteiger partial charge in [0.2, 0.25) is 0 Å². The summed E-state index contributed by atoms with van der Waals surface area (Å²) in [6, 6.07) is 3.58. The van der Waals surface area contributed by atoms with Gasteiger partial charge in [-0.2, -0.15) is 0 Å². The number of hydrogen-bond donors (Lipinski definition) is 2. The molecule has 0 atom stereocenters. The molecular formula is C10H8BrNO2. The molecule has 2 N–H and O–H groups in total. The Kier molecular flexibility index (Phi) is 2.07. The Labute approximate surface area is 88.9 Å². The SMILES string of the molecule is Cc1cc(Br)c(C(=O)O)c2cc[nH]c12. The first kappa shape index (κ1) is 9.27. The summed E-state index contributed by atoms with van der Waals surface area (Å²) in [6.45, 7) is 1.94. The Bertz CT molecular complexity index is 516. The Morgan fingerprint density at radius 1 is 1.57 bits per heavy atom. The Morgan fingerprint density at radius 2 is 2.29 bits per heavy atom. The minimum absolute atomic E-state index is 0.312. The van der Waals surface area contributed by atoms with Crippen LogP contribution >= 0.6 is 15.9 Å². The van der Waals surface area contributed by atoms with Gasteiger partial charge >= 0.3 is 5.97 Å². The molecule has 1 aromatic carbocycles. The largest absolute Gasteiger partial charge is 0.478 e. The lowest BCUT2D eigenvalue weighted by Gasteiger charge is -2.03. The number of halogens is 1. The van der Waals surface area contributed by atoms with Crippen LogP contribution in [0.25, 0.3) is 10.9 Å². The number of aromatic amines is 1. The number of rotatable bonds is 1. The normalized spacial score (nSPS) is 10.7. The van der Waals surface area contributed by atoms with Crippen LogP contribution in [0, 0.1) is 6.92 Å². The topological polar surface area (TPSA) is 53.1 Å². The van der Waals surface area contributed by atoms with E-state index < -0.39 is 5.97 Å². The zero-order valence-corrected chi connectivity index (χ0v) is 9.05. The molecule has 0 spiro atoms. The maximum atomic E-state index is 11.0. The van der Waals surface area contributed by atoms with Crippen LogP contribution in [0.1, 0.15) is 15.9 Å². The predicted molar refractivity (Wildman–Crippen MR) is 57.7 cm³/mol. The molecule has 1 heterocycles. The number of aromatic carboxylic acids is 1. The van der Waals surface area contributed by atoms with Crippen molar-refractivity contribution in [3.8, 4) is 0 Å². The van der Waals surface area contributed by atoms with Crippen molar-refractivity contribution < 1.29 is 9.90 Å². The van der Waals surface area contributed by atoms with E-state index in [-0.39, 0.29) is 0 Å². The lowest BCUT2D eigenvalue weighted by atomic mass is 10.1. The van der Waals surface area contributed by atoms with Gasteiger partial charge < -0.3 is 10.1 Å². The molecule has 2 rings (SSSR count). The molecule has 72 valence electrons. The van der Waals surface area contributed by atoms with Gasteiger partial charge in [-0.25, -0.2) is 4.79 Å². The molecule has 0 aliphatic rings. The van der Waals surface area contributed by atoms with Crippen LogP contribution in [0.5, 0.6) is 0 Å². The van der Waals surface area contributed by atoms with E-state index in [1.54, 1.807) is 12.3 Å². The summed E-state index contributed by atoms with van der Waals surface area (Å²) in [4.78, 5) is 14.0. The van der Waals surface area contributed by atoms with Crippen molar-refractivity contribution in [2.75, 3.05) is 0 Å². The molecule has 14 heavy (non-hydrogen) atoms. The highest BCUT2D eigenvalue weighted by atomic mass is 79.9. The number of carboxylic acid groups (broad SMARTS) is 1. The first-order valence-electron chi connectivity index (χ1n) is 4.10. The molecule has 0 unspecified atom stereocenters. The van der Waals surface area contributed by atoms with Gasteiger partial charge in [0.15, 0.2) is 0 Å². The van der Waals surface area contributed by atoms with Crippen LogP contribution in [0.4, 0.5) is 0 Å². The fraction of sp³-hybridized carbons (Fsp3) is 0.100. The number of aryl methyl sites for hydroxylation is 1. The summed E-state index contributed by atoms with van der Waals surface area (Å²) < 4.78 is 0.620. The van der Waals surface area contributed by atoms with Gasteiger partial charge in [-0.1, -0.05) is 0 Å². The molecular weight excluding hydrogens is 246 g/mol. The third-order valence-corrected chi connectivity index (χ3v) is 2.83. The number of carboxylic acids is 1. The molecule has 0 aliphatic carbocycles. The first-order chi connectivity index (χ1) is 6.61. The third-order valence-electron chi connectivity index (χ3n) is 2.21. The molecule has 0 bridgehead atoms. The van der Waals surface area contributed by atoms with E-state index in [4.69, 9.17) is 5.11 Å². The van der Waals surface area contributed by atoms with E-state index >= 15 is 0 Å². The Balaban J connectivity index is 2.93. The van der Waals surface area contributed by atoms with Crippen LogP contribution < -0.4 is 0 Å². The van der Waals surface area contributed by atoms with Gasteiger partial charge in [-0.05, 0) is 40.5 Å². The third kappa shape index (κ3) is 1.23. The van der Waals surface area contributed by atoms with Gasteiger partial charge in [0.1, 0.15) is 0 Å². The maximum absolute atomic E-state index is 11.0. The zero-order valence-electron chi connectivity index (χ0n) is 7.47. The summed E-state index contributed by atoms with van der Waals surface area (Å²) >= 11 is 3.26. The van der Waals surface area contributed by atoms with Crippen LogP contribution in [0.3, 0.4) is 0 Å². The van der Waals surface area contributed by atoms with Gasteiger partial charge in [0.25, 0.3) is 0 Å². The quantitative estimate of drug-likeness (QED) is 0.821. The highest BCUT2D eigenvalue weighted by Gasteiger charge is 2.14. The number of benzene rings is 1. The van der Waals surface area contributed by atoms with E-state index in [0.717, 1.165) is 16.5 Å². The number of hydrogen-bond acceptors (Lipinski definition) is 1. The van der Waals surface area contributed by atoms with Gasteiger partial charge in [-0.15, -0.1) is 0 Å². The lowest BCUT2D eigenvalue weighted by Crippen LogP contribution is -1.99. The zero-order chi connectivity index (χ0) is 10.3. The Hall–Kier alpha value is -1.29. The van der Waals surface area contributed by atoms with Crippen molar-refractivity contribution in [2.45, 2.75) is 6.92 Å². The van der Waals surface area contributed by atoms with E-state index in [1.165, 1.54) is 0 Å². The molecule has 0 radical (unpaired) electrons. The summed E-state index contributed by atoms with van der Waals surface area (Å²) in [5.74, 6) is -0.915. The number of fused-ring (bicyclic) bond motifs is 1. The van der Waals surface area contributed by atoms with Gasteiger partial charge in [-0.3, -0.25) is 0 Å². The highest BCUT2D eigenvalue weighted by Crippen LogP contribution is 2.28. The summed E-state index contributed by atoms with van der Waals surface area (Å²) in [5, 5.41) is 9.77. The van der Waals surface area contributed by atoms with E-state index in [2.05, 4.69) is 20.9 Å². The molecule has 1 aromatic heterocycles. The number of aromatic nitrogens is 1. The average molecular weight is 254 g/mol. The van der Waals surface area contributed by atoms with E-state index in [1.807, 2.05) is 13.0 Å². The molecule has 3 nitrogen and oxygen atoms in total. The van der Waals surface area contributed by atoms with Crippen molar-refractivity contribution in [1.82, 2.24) is 4.98 Å². The van der Waals surface area contributed by atoms with Crippen molar-refractivity contribution >= 4 is 32.8 Å². The maximum Gasteiger partial charge on any atom is 0.337 e. The monoisotopic (exact) mass is 253 g/mol. The molecule has 0 amide bonds. The first-order valence-corrected chi connectivity index (χ1v) is 4.90. The molecule has 2 aromatic rings. The smallest absolute Gasteiger partial charge is 0.337 e. The fourth-order valence-corrected chi connectivity index (χ4v) is 2.31. The number of carbonyl (C=O) groups is 1. The summed E-state index contributed by atoms with van der Waals surface area (Å²) in [5.41, 5.74) is 2.22. The average Bonchev–Trinajstić information content (AvgIpc) is 2.51. The number of nitrogens with one attached hydrogen (secondary N) is 1. The van der Waals surface area contributed by atoms with E-state index in [0.29, 0.717) is 10.0 Å². The van der Waals surface area contributed by atoms with Gasteiger partial charge in [0, 0.05) is 21.6 Å². The molecule has 0 fully saturated rings. The highest BCUT2D eigenvalue weighted by molar-refractivity contribution is 9.10. The molecule has 0 aliphatic heterocycles.